The largest absolute Gasteiger partial charge is 0.460 e. The standard InChI is InChI=1S/C11H8F17P.HI/c1-29-3-2-4(12,13)5(14,15)6(16,17)7(18,19)8(20,21)9(22,23)10(24,25)11(26,27)28;/h29H,2-3H2,1H3;1H. The van der Waals surface area contributed by atoms with Gasteiger partial charge in [0.1, 0.15) is 0 Å². The average Bonchev–Trinajstić information content (AvgIpc) is 2.50. The molecule has 0 nitrogen and oxygen atoms in total. The fourth-order valence-electron chi connectivity index (χ4n) is 1.64. The van der Waals surface area contributed by atoms with Crippen molar-refractivity contribution in [2.45, 2.75) is 54.1 Å². The van der Waals surface area contributed by atoms with E-state index in [0.717, 1.165) is 6.66 Å². The molecule has 0 fully saturated rings. The van der Waals surface area contributed by atoms with Gasteiger partial charge in [-0.2, -0.15) is 74.6 Å². The topological polar surface area (TPSA) is 0 Å². The maximum absolute atomic E-state index is 13.3. The van der Waals surface area contributed by atoms with Gasteiger partial charge in [-0.05, 0) is 12.8 Å². The third-order valence-corrected chi connectivity index (χ3v) is 4.23. The van der Waals surface area contributed by atoms with Crippen molar-refractivity contribution in [2.24, 2.45) is 0 Å². The van der Waals surface area contributed by atoms with Gasteiger partial charge in [-0.25, -0.2) is 0 Å². The molecule has 0 spiro atoms. The SMILES string of the molecule is CPCCC(F)(F)C(F)(F)C(F)(F)C(F)(F)C(F)(F)C(F)(F)C(F)(F)C(F)(F)F.I. The van der Waals surface area contributed by atoms with Crippen LogP contribution in [0.4, 0.5) is 74.6 Å². The van der Waals surface area contributed by atoms with E-state index >= 15 is 0 Å². The first-order chi connectivity index (χ1) is 12.3. The molecule has 0 aliphatic rings. The van der Waals surface area contributed by atoms with Gasteiger partial charge in [-0.15, -0.1) is 32.6 Å². The minimum atomic E-state index is -8.56. The van der Waals surface area contributed by atoms with E-state index < -0.39 is 68.8 Å². The third kappa shape index (κ3) is 4.40. The van der Waals surface area contributed by atoms with Crippen LogP contribution in [0.15, 0.2) is 0 Å². The Morgan fingerprint density at radius 3 is 1.00 bits per heavy atom. The van der Waals surface area contributed by atoms with Crippen molar-refractivity contribution in [3.8, 4) is 0 Å². The van der Waals surface area contributed by atoms with Crippen molar-refractivity contribution in [2.75, 3.05) is 12.8 Å². The summed E-state index contributed by atoms with van der Waals surface area (Å²) < 4.78 is 219. The highest BCUT2D eigenvalue weighted by atomic mass is 127. The van der Waals surface area contributed by atoms with E-state index in [9.17, 15) is 74.6 Å². The zero-order valence-electron chi connectivity index (χ0n) is 13.7. The lowest BCUT2D eigenvalue weighted by molar-refractivity contribution is -0.461. The molecular weight excluding hydrogens is 613 g/mol. The van der Waals surface area contributed by atoms with Crippen molar-refractivity contribution in [1.29, 1.82) is 0 Å². The summed E-state index contributed by atoms with van der Waals surface area (Å²) in [5.74, 6) is -55.6. The Morgan fingerprint density at radius 1 is 0.467 bits per heavy atom. The Balaban J connectivity index is 0. The van der Waals surface area contributed by atoms with Crippen LogP contribution < -0.4 is 0 Å². The number of alkyl halides is 17. The molecule has 30 heavy (non-hydrogen) atoms. The van der Waals surface area contributed by atoms with E-state index in [1.54, 1.807) is 0 Å². The van der Waals surface area contributed by atoms with Crippen molar-refractivity contribution in [3.63, 3.8) is 0 Å². The normalized spacial score (nSPS) is 16.2. The molecule has 0 aromatic heterocycles. The summed E-state index contributed by atoms with van der Waals surface area (Å²) in [6.45, 7) is 1.02. The Morgan fingerprint density at radius 2 is 0.733 bits per heavy atom. The van der Waals surface area contributed by atoms with Crippen LogP contribution in [0.5, 0.6) is 0 Å². The van der Waals surface area contributed by atoms with Gasteiger partial charge in [0.25, 0.3) is 0 Å². The molecule has 0 aliphatic carbocycles. The molecule has 0 heterocycles. The van der Waals surface area contributed by atoms with Crippen LogP contribution in [0.3, 0.4) is 0 Å². The lowest BCUT2D eigenvalue weighted by atomic mass is 9.88. The minimum absolute atomic E-state index is 0. The Bertz CT molecular complexity index is 581. The lowest BCUT2D eigenvalue weighted by Gasteiger charge is -2.42. The second-order valence-electron chi connectivity index (χ2n) is 5.50. The molecular formula is C11H9F17IP. The fourth-order valence-corrected chi connectivity index (χ4v) is 2.20. The number of rotatable bonds is 9. The average molecular weight is 622 g/mol. The van der Waals surface area contributed by atoms with Crippen LogP contribution in [0.1, 0.15) is 6.42 Å². The van der Waals surface area contributed by atoms with Gasteiger partial charge in [0.2, 0.25) is 0 Å². The van der Waals surface area contributed by atoms with Crippen molar-refractivity contribution in [1.82, 2.24) is 0 Å². The maximum atomic E-state index is 13.3. The summed E-state index contributed by atoms with van der Waals surface area (Å²) in [5, 5.41) is 0. The Kier molecular flexibility index (Phi) is 9.35. The van der Waals surface area contributed by atoms with Gasteiger partial charge in [0.15, 0.2) is 0 Å². The van der Waals surface area contributed by atoms with Gasteiger partial charge < -0.3 is 0 Å². The van der Waals surface area contributed by atoms with Gasteiger partial charge >= 0.3 is 47.6 Å². The van der Waals surface area contributed by atoms with E-state index in [-0.39, 0.29) is 24.0 Å². The molecule has 0 amide bonds. The summed E-state index contributed by atoms with van der Waals surface area (Å²) >= 11 is 0. The van der Waals surface area contributed by atoms with E-state index in [0.29, 0.717) is 0 Å². The molecule has 0 saturated carbocycles. The molecule has 1 atom stereocenters. The van der Waals surface area contributed by atoms with E-state index in [1.165, 1.54) is 0 Å². The van der Waals surface area contributed by atoms with Crippen LogP contribution in [0.25, 0.3) is 0 Å². The highest BCUT2D eigenvalue weighted by Crippen LogP contribution is 2.64. The molecule has 0 aromatic carbocycles. The predicted octanol–water partition coefficient (Wildman–Crippen LogP) is 7.31. The lowest BCUT2D eigenvalue weighted by Crippen LogP contribution is -2.74. The molecule has 0 bridgehead atoms. The fraction of sp³-hybridized carbons (Fsp3) is 1.00. The first kappa shape index (κ1) is 32.2. The maximum Gasteiger partial charge on any atom is 0.460 e. The second kappa shape index (κ2) is 8.72. The van der Waals surface area contributed by atoms with Crippen molar-refractivity contribution < 1.29 is 74.6 Å². The van der Waals surface area contributed by atoms with Crippen LogP contribution in [0, 0.1) is 0 Å². The van der Waals surface area contributed by atoms with E-state index in [1.807, 2.05) is 0 Å². The molecule has 184 valence electrons. The first-order valence-corrected chi connectivity index (χ1v) is 8.38. The van der Waals surface area contributed by atoms with Crippen LogP contribution >= 0.6 is 32.6 Å². The monoisotopic (exact) mass is 622 g/mol. The quantitative estimate of drug-likeness (QED) is 0.144. The highest BCUT2D eigenvalue weighted by molar-refractivity contribution is 14.0. The summed E-state index contributed by atoms with van der Waals surface area (Å²) in [4.78, 5) is 0. The predicted molar refractivity (Wildman–Crippen MR) is 79.8 cm³/mol. The summed E-state index contributed by atoms with van der Waals surface area (Å²) in [5.41, 5.74) is 0. The van der Waals surface area contributed by atoms with Crippen LogP contribution in [-0.4, -0.2) is 60.5 Å². The molecule has 0 aromatic rings. The van der Waals surface area contributed by atoms with E-state index in [2.05, 4.69) is 0 Å². The summed E-state index contributed by atoms with van der Waals surface area (Å²) in [7, 11) is -0.692. The van der Waals surface area contributed by atoms with E-state index in [4.69, 9.17) is 0 Å². The smallest absolute Gasteiger partial charge is 0.200 e. The number of halogens is 18. The first-order valence-electron chi connectivity index (χ1n) is 6.67. The Labute approximate surface area is 174 Å². The molecule has 0 radical (unpaired) electrons. The molecule has 0 aliphatic heterocycles. The zero-order valence-corrected chi connectivity index (χ0v) is 17.1. The minimum Gasteiger partial charge on any atom is -0.200 e. The molecule has 0 saturated heterocycles. The zero-order chi connectivity index (χ0) is 24.1. The van der Waals surface area contributed by atoms with Crippen molar-refractivity contribution >= 4 is 32.6 Å². The van der Waals surface area contributed by atoms with Gasteiger partial charge in [-0.1, -0.05) is 0 Å². The molecule has 0 N–H and O–H groups in total. The van der Waals surface area contributed by atoms with Gasteiger partial charge in [0, 0.05) is 6.42 Å². The van der Waals surface area contributed by atoms with Crippen LogP contribution in [-0.2, 0) is 0 Å². The number of hydrogen-bond donors (Lipinski definition) is 0. The number of hydrogen-bond acceptors (Lipinski definition) is 0. The molecule has 1 unspecified atom stereocenters. The van der Waals surface area contributed by atoms with Gasteiger partial charge in [-0.3, -0.25) is 0 Å². The van der Waals surface area contributed by atoms with Crippen LogP contribution in [0.2, 0.25) is 0 Å². The molecule has 0 rings (SSSR count). The van der Waals surface area contributed by atoms with Gasteiger partial charge in [0.05, 0.1) is 0 Å². The Hall–Kier alpha value is -0.0300. The summed E-state index contributed by atoms with van der Waals surface area (Å²) in [6, 6.07) is 0. The molecule has 19 heteroatoms. The summed E-state index contributed by atoms with van der Waals surface area (Å²) in [6.07, 6.45) is -11.1. The second-order valence-corrected chi connectivity index (χ2v) is 6.71. The third-order valence-electron chi connectivity index (χ3n) is 3.48. The van der Waals surface area contributed by atoms with Crippen molar-refractivity contribution in [3.05, 3.63) is 0 Å². The highest BCUT2D eigenvalue weighted by Gasteiger charge is 2.95.